The van der Waals surface area contributed by atoms with Crippen LogP contribution in [0, 0.1) is 11.3 Å². The van der Waals surface area contributed by atoms with Crippen molar-refractivity contribution in [2.24, 2.45) is 11.3 Å². The van der Waals surface area contributed by atoms with Gasteiger partial charge in [0.05, 0.1) is 0 Å². The standard InChI is InChI=1S/C10H20O3/c1-7(6-10(2,3)4)5-8(11)9(12)13/h7-8,11H,5-6H2,1-4H3,(H,12,13)/t7-,8+/m1/s1. The van der Waals surface area contributed by atoms with Gasteiger partial charge in [0, 0.05) is 0 Å². The molecule has 0 saturated carbocycles. The summed E-state index contributed by atoms with van der Waals surface area (Å²) in [6.45, 7) is 8.29. The zero-order valence-electron chi connectivity index (χ0n) is 8.87. The quantitative estimate of drug-likeness (QED) is 0.708. The summed E-state index contributed by atoms with van der Waals surface area (Å²) in [7, 11) is 0. The lowest BCUT2D eigenvalue weighted by Gasteiger charge is -2.23. The number of hydrogen-bond donors (Lipinski definition) is 2. The van der Waals surface area contributed by atoms with Crippen LogP contribution in [0.4, 0.5) is 0 Å². The van der Waals surface area contributed by atoms with Gasteiger partial charge in [0.15, 0.2) is 6.10 Å². The first-order valence-corrected chi connectivity index (χ1v) is 4.63. The molecular formula is C10H20O3. The molecule has 0 rings (SSSR count). The maximum absolute atomic E-state index is 10.4. The zero-order valence-corrected chi connectivity index (χ0v) is 8.87. The number of aliphatic hydroxyl groups is 1. The number of aliphatic carboxylic acids is 1. The van der Waals surface area contributed by atoms with Gasteiger partial charge in [-0.2, -0.15) is 0 Å². The van der Waals surface area contributed by atoms with Crippen LogP contribution in [0.3, 0.4) is 0 Å². The van der Waals surface area contributed by atoms with E-state index in [9.17, 15) is 4.79 Å². The van der Waals surface area contributed by atoms with Gasteiger partial charge in [0.2, 0.25) is 0 Å². The maximum atomic E-state index is 10.4. The summed E-state index contributed by atoms with van der Waals surface area (Å²) in [6, 6.07) is 0. The molecule has 13 heavy (non-hydrogen) atoms. The lowest BCUT2D eigenvalue weighted by Crippen LogP contribution is -2.24. The van der Waals surface area contributed by atoms with E-state index in [4.69, 9.17) is 10.2 Å². The Labute approximate surface area is 79.8 Å². The van der Waals surface area contributed by atoms with E-state index >= 15 is 0 Å². The predicted octanol–water partition coefficient (Wildman–Crippen LogP) is 1.89. The van der Waals surface area contributed by atoms with E-state index in [1.54, 1.807) is 0 Å². The van der Waals surface area contributed by atoms with Gasteiger partial charge in [-0.05, 0) is 24.2 Å². The topological polar surface area (TPSA) is 57.5 Å². The van der Waals surface area contributed by atoms with E-state index in [0.29, 0.717) is 6.42 Å². The summed E-state index contributed by atoms with van der Waals surface area (Å²) in [5.41, 5.74) is 0.192. The molecule has 0 spiro atoms. The highest BCUT2D eigenvalue weighted by Gasteiger charge is 2.21. The fourth-order valence-electron chi connectivity index (χ4n) is 1.61. The molecule has 0 amide bonds. The van der Waals surface area contributed by atoms with Gasteiger partial charge in [-0.15, -0.1) is 0 Å². The SMILES string of the molecule is C[C@H](C[C@H](O)C(=O)O)CC(C)(C)C. The first kappa shape index (κ1) is 12.4. The van der Waals surface area contributed by atoms with Crippen LogP contribution in [-0.4, -0.2) is 22.3 Å². The Bertz CT molecular complexity index is 169. The molecule has 2 atom stereocenters. The molecule has 2 N–H and O–H groups in total. The van der Waals surface area contributed by atoms with Gasteiger partial charge in [0.1, 0.15) is 0 Å². The summed E-state index contributed by atoms with van der Waals surface area (Å²) in [5, 5.41) is 17.6. The molecule has 0 aromatic heterocycles. The number of rotatable bonds is 4. The Hall–Kier alpha value is -0.570. The van der Waals surface area contributed by atoms with E-state index < -0.39 is 12.1 Å². The molecule has 3 nitrogen and oxygen atoms in total. The van der Waals surface area contributed by atoms with Gasteiger partial charge in [-0.3, -0.25) is 0 Å². The summed E-state index contributed by atoms with van der Waals surface area (Å²) < 4.78 is 0. The first-order valence-electron chi connectivity index (χ1n) is 4.63. The molecule has 3 heteroatoms. The fourth-order valence-corrected chi connectivity index (χ4v) is 1.61. The van der Waals surface area contributed by atoms with Gasteiger partial charge in [-0.1, -0.05) is 27.7 Å². The van der Waals surface area contributed by atoms with Crippen LogP contribution in [0.1, 0.15) is 40.5 Å². The van der Waals surface area contributed by atoms with E-state index in [0.717, 1.165) is 6.42 Å². The van der Waals surface area contributed by atoms with Gasteiger partial charge >= 0.3 is 5.97 Å². The van der Waals surface area contributed by atoms with Crippen molar-refractivity contribution < 1.29 is 15.0 Å². The minimum atomic E-state index is -1.21. The van der Waals surface area contributed by atoms with Crippen LogP contribution in [0.2, 0.25) is 0 Å². The van der Waals surface area contributed by atoms with Crippen molar-refractivity contribution in [3.05, 3.63) is 0 Å². The van der Waals surface area contributed by atoms with Gasteiger partial charge in [-0.25, -0.2) is 4.79 Å². The number of carboxylic acid groups (broad SMARTS) is 1. The third kappa shape index (κ3) is 6.58. The van der Waals surface area contributed by atoms with Crippen LogP contribution in [-0.2, 0) is 4.79 Å². The molecule has 0 aliphatic rings. The first-order chi connectivity index (χ1) is 5.72. The van der Waals surface area contributed by atoms with Crippen LogP contribution in [0.15, 0.2) is 0 Å². The van der Waals surface area contributed by atoms with E-state index in [-0.39, 0.29) is 11.3 Å². The van der Waals surface area contributed by atoms with Crippen molar-refractivity contribution in [1.29, 1.82) is 0 Å². The summed E-state index contributed by atoms with van der Waals surface area (Å²) in [4.78, 5) is 10.4. The Balaban J connectivity index is 3.88. The van der Waals surface area contributed by atoms with E-state index in [1.807, 2.05) is 6.92 Å². The fraction of sp³-hybridized carbons (Fsp3) is 0.900. The molecule has 0 aromatic rings. The van der Waals surface area contributed by atoms with Crippen molar-refractivity contribution in [2.45, 2.75) is 46.6 Å². The second-order valence-corrected chi connectivity index (χ2v) is 4.96. The number of carboxylic acids is 1. The van der Waals surface area contributed by atoms with Gasteiger partial charge < -0.3 is 10.2 Å². The molecular weight excluding hydrogens is 168 g/mol. The highest BCUT2D eigenvalue weighted by molar-refractivity contribution is 5.71. The molecule has 0 heterocycles. The summed E-state index contributed by atoms with van der Waals surface area (Å²) >= 11 is 0. The Morgan fingerprint density at radius 2 is 1.85 bits per heavy atom. The smallest absolute Gasteiger partial charge is 0.332 e. The maximum Gasteiger partial charge on any atom is 0.332 e. The average molecular weight is 188 g/mol. The lowest BCUT2D eigenvalue weighted by molar-refractivity contribution is -0.147. The third-order valence-corrected chi connectivity index (χ3v) is 1.87. The minimum absolute atomic E-state index is 0.192. The molecule has 0 aliphatic heterocycles. The number of carbonyl (C=O) groups is 1. The molecule has 0 aromatic carbocycles. The predicted molar refractivity (Wildman–Crippen MR) is 51.5 cm³/mol. The van der Waals surface area contributed by atoms with Crippen molar-refractivity contribution in [2.75, 3.05) is 0 Å². The monoisotopic (exact) mass is 188 g/mol. The molecule has 78 valence electrons. The van der Waals surface area contributed by atoms with Crippen molar-refractivity contribution in [3.8, 4) is 0 Å². The van der Waals surface area contributed by atoms with E-state index in [1.165, 1.54) is 0 Å². The van der Waals surface area contributed by atoms with Crippen molar-refractivity contribution in [3.63, 3.8) is 0 Å². The third-order valence-electron chi connectivity index (χ3n) is 1.87. The zero-order chi connectivity index (χ0) is 10.6. The Kier molecular flexibility index (Phi) is 4.40. The molecule has 0 fully saturated rings. The molecule has 0 bridgehead atoms. The van der Waals surface area contributed by atoms with E-state index in [2.05, 4.69) is 20.8 Å². The summed E-state index contributed by atoms with van der Waals surface area (Å²) in [6.07, 6.45) is 0.0570. The normalized spacial score (nSPS) is 16.7. The largest absolute Gasteiger partial charge is 0.479 e. The Morgan fingerprint density at radius 1 is 1.38 bits per heavy atom. The lowest BCUT2D eigenvalue weighted by atomic mass is 9.83. The molecule has 0 radical (unpaired) electrons. The second kappa shape index (κ2) is 4.61. The van der Waals surface area contributed by atoms with Crippen LogP contribution in [0.5, 0.6) is 0 Å². The molecule has 0 saturated heterocycles. The van der Waals surface area contributed by atoms with Crippen molar-refractivity contribution in [1.82, 2.24) is 0 Å². The number of aliphatic hydroxyl groups excluding tert-OH is 1. The van der Waals surface area contributed by atoms with Crippen LogP contribution >= 0.6 is 0 Å². The number of hydrogen-bond acceptors (Lipinski definition) is 2. The summed E-state index contributed by atoms with van der Waals surface area (Å²) in [5.74, 6) is -0.883. The van der Waals surface area contributed by atoms with Gasteiger partial charge in [0.25, 0.3) is 0 Å². The van der Waals surface area contributed by atoms with Crippen LogP contribution in [0.25, 0.3) is 0 Å². The highest BCUT2D eigenvalue weighted by atomic mass is 16.4. The average Bonchev–Trinajstić information content (AvgIpc) is 1.81. The Morgan fingerprint density at radius 3 is 2.15 bits per heavy atom. The molecule has 0 aliphatic carbocycles. The van der Waals surface area contributed by atoms with Crippen molar-refractivity contribution >= 4 is 5.97 Å². The minimum Gasteiger partial charge on any atom is -0.479 e. The highest BCUT2D eigenvalue weighted by Crippen LogP contribution is 2.26. The molecule has 0 unspecified atom stereocenters. The van der Waals surface area contributed by atoms with Crippen LogP contribution < -0.4 is 0 Å². The second-order valence-electron chi connectivity index (χ2n) is 4.96.